The summed E-state index contributed by atoms with van der Waals surface area (Å²) in [7, 11) is 6.00. The molecule has 2 aliphatic rings. The minimum absolute atomic E-state index is 0.0572. The summed E-state index contributed by atoms with van der Waals surface area (Å²) in [5, 5.41) is 41.4. The Morgan fingerprint density at radius 3 is 1.30 bits per heavy atom. The number of aromatic carboxylic acids is 1. The molecule has 0 atom stereocenters. The molecule has 480 valence electrons. The Labute approximate surface area is 522 Å². The number of carboxylic acids is 1. The van der Waals surface area contributed by atoms with Crippen molar-refractivity contribution in [2.75, 3.05) is 61.2 Å². The average molecular weight is 1270 g/mol. The van der Waals surface area contributed by atoms with Gasteiger partial charge in [-0.2, -0.15) is 0 Å². The minimum Gasteiger partial charge on any atom is -0.476 e. The Hall–Kier alpha value is -11.3. The van der Waals surface area contributed by atoms with Crippen LogP contribution in [0.3, 0.4) is 0 Å². The first-order chi connectivity index (χ1) is 44.6. The van der Waals surface area contributed by atoms with E-state index in [0.29, 0.717) is 108 Å². The fraction of sp³-hybridized carbons (Fsp3) is 0.267. The Morgan fingerprint density at radius 2 is 0.880 bits per heavy atom. The number of hydrazine groups is 1. The molecule has 32 nitrogen and oxygen atoms in total. The monoisotopic (exact) mass is 1270 g/mol. The van der Waals surface area contributed by atoms with E-state index in [2.05, 4.69) is 61.8 Å². The van der Waals surface area contributed by atoms with E-state index in [4.69, 9.17) is 47.3 Å². The highest BCUT2D eigenvalue weighted by atomic mass is 16.5. The van der Waals surface area contributed by atoms with Crippen LogP contribution in [0.15, 0.2) is 144 Å². The molecule has 7 heterocycles. The molecular formula is C60H62N14O18. The van der Waals surface area contributed by atoms with Crippen molar-refractivity contribution in [1.82, 2.24) is 66.9 Å². The molecule has 0 fully saturated rings. The average Bonchev–Trinajstić information content (AvgIpc) is 1.68. The Bertz CT molecular complexity index is 3810. The molecule has 0 saturated carbocycles. The number of amides is 7. The van der Waals surface area contributed by atoms with Crippen LogP contribution in [0, 0.1) is 0 Å². The molecule has 32 heteroatoms. The summed E-state index contributed by atoms with van der Waals surface area (Å²) in [5.74, 6) is -0.177. The topological polar surface area (TPSA) is 431 Å². The van der Waals surface area contributed by atoms with E-state index < -0.39 is 29.6 Å². The Balaban J connectivity index is 0.000000167. The number of ether oxygens (including phenoxy) is 4. The number of methoxy groups -OCH3 is 4. The molecule has 9 aromatic rings. The van der Waals surface area contributed by atoms with Crippen molar-refractivity contribution in [3.8, 4) is 22.6 Å². The number of fused-ring (bicyclic) bond motifs is 2. The number of carbonyl (C=O) groups is 8. The summed E-state index contributed by atoms with van der Waals surface area (Å²) in [5.41, 5.74) is 13.0. The van der Waals surface area contributed by atoms with Crippen molar-refractivity contribution in [3.63, 3.8) is 0 Å². The lowest BCUT2D eigenvalue weighted by Gasteiger charge is -2.13. The molecule has 0 aliphatic carbocycles. The van der Waals surface area contributed by atoms with Gasteiger partial charge in [0.2, 0.25) is 41.3 Å². The highest BCUT2D eigenvalue weighted by Gasteiger charge is 2.36. The van der Waals surface area contributed by atoms with Gasteiger partial charge in [-0.25, -0.2) is 4.79 Å². The van der Waals surface area contributed by atoms with Crippen molar-refractivity contribution in [2.24, 2.45) is 5.73 Å². The van der Waals surface area contributed by atoms with Crippen molar-refractivity contribution < 1.29 is 84.7 Å². The molecule has 0 spiro atoms. The normalized spacial score (nSPS) is 11.8. The second kappa shape index (κ2) is 35.0. The molecule has 4 aromatic carbocycles. The summed E-state index contributed by atoms with van der Waals surface area (Å²) < 4.78 is 45.0. The van der Waals surface area contributed by atoms with Crippen LogP contribution in [0.2, 0.25) is 0 Å². The van der Waals surface area contributed by atoms with E-state index >= 15 is 0 Å². The van der Waals surface area contributed by atoms with E-state index in [1.54, 1.807) is 68.8 Å². The molecule has 5 aromatic heterocycles. The van der Waals surface area contributed by atoms with E-state index in [0.717, 1.165) is 16.0 Å². The van der Waals surface area contributed by atoms with Gasteiger partial charge in [-0.3, -0.25) is 54.2 Å². The lowest BCUT2D eigenvalue weighted by molar-refractivity contribution is -0.131. The quantitative estimate of drug-likeness (QED) is 0.0444. The minimum atomic E-state index is -1.09. The van der Waals surface area contributed by atoms with Crippen molar-refractivity contribution >= 4 is 47.3 Å². The first-order valence-corrected chi connectivity index (χ1v) is 27.8. The van der Waals surface area contributed by atoms with Gasteiger partial charge >= 0.3 is 5.97 Å². The third-order valence-electron chi connectivity index (χ3n) is 12.4. The number of carboxylic acid groups (broad SMARTS) is 1. The molecule has 0 saturated heterocycles. The number of hydrogen-bond donors (Lipinski definition) is 5. The maximum absolute atomic E-state index is 12.2. The fourth-order valence-electron chi connectivity index (χ4n) is 8.12. The van der Waals surface area contributed by atoms with Crippen LogP contribution in [0.1, 0.15) is 104 Å². The summed E-state index contributed by atoms with van der Waals surface area (Å²) in [4.78, 5) is 95.9. The summed E-state index contributed by atoms with van der Waals surface area (Å²) >= 11 is 0. The number of nitrogens with one attached hydrogen (secondary N) is 3. The van der Waals surface area contributed by atoms with Gasteiger partial charge in [0, 0.05) is 104 Å². The van der Waals surface area contributed by atoms with Gasteiger partial charge in [0.15, 0.2) is 22.9 Å². The van der Waals surface area contributed by atoms with E-state index in [1.807, 2.05) is 60.7 Å². The molecule has 6 N–H and O–H groups in total. The molecule has 0 bridgehead atoms. The first kappa shape index (κ1) is 68.2. The zero-order chi connectivity index (χ0) is 65.8. The van der Waals surface area contributed by atoms with Gasteiger partial charge in [-0.15, -0.1) is 30.6 Å². The van der Waals surface area contributed by atoms with Gasteiger partial charge in [0.05, 0.1) is 22.3 Å². The van der Waals surface area contributed by atoms with Gasteiger partial charge < -0.3 is 57.4 Å². The number of aromatic nitrogens is 8. The predicted octanol–water partition coefficient (Wildman–Crippen LogP) is 4.12. The number of imide groups is 2. The molecule has 0 unspecified atom stereocenters. The SMILES string of the molecule is COCC(=O)NNC(=O)CCN1C(=O)c2ccccc2C1=O.COCc1nnc(CCN)o1.COCc1nnc(CCN2C(=O)c3ccccc3C2=O)o1.COCc1nnc(CCNC(=O)c2cc(-c3ccccc3)on2)o1.O=C(O)c1cc(-c2ccccc2)on1. The van der Waals surface area contributed by atoms with Gasteiger partial charge in [-0.1, -0.05) is 95.2 Å². The zero-order valence-corrected chi connectivity index (χ0v) is 50.0. The molecule has 7 amide bonds. The first-order valence-electron chi connectivity index (χ1n) is 27.8. The number of carbonyl (C=O) groups excluding carboxylic acids is 7. The second-order valence-electron chi connectivity index (χ2n) is 18.9. The molecule has 2 aliphatic heterocycles. The Kier molecular flexibility index (Phi) is 26.0. The van der Waals surface area contributed by atoms with Crippen molar-refractivity contribution in [3.05, 3.63) is 190 Å². The summed E-state index contributed by atoms with van der Waals surface area (Å²) in [6.45, 7) is 1.70. The molecule has 11 rings (SSSR count). The van der Waals surface area contributed by atoms with Crippen LogP contribution in [0.5, 0.6) is 0 Å². The summed E-state index contributed by atoms with van der Waals surface area (Å²) in [6.07, 6.45) is 1.25. The summed E-state index contributed by atoms with van der Waals surface area (Å²) in [6, 6.07) is 34.9. The maximum atomic E-state index is 12.2. The number of rotatable bonds is 23. The lowest BCUT2D eigenvalue weighted by Crippen LogP contribution is -2.44. The molecular weight excluding hydrogens is 1200 g/mol. The number of nitrogens with zero attached hydrogens (tertiary/aromatic N) is 10. The number of nitrogens with two attached hydrogens (primary N) is 1. The van der Waals surface area contributed by atoms with Gasteiger partial charge in [-0.05, 0) is 24.3 Å². The maximum Gasteiger partial charge on any atom is 0.358 e. The van der Waals surface area contributed by atoms with Crippen LogP contribution in [-0.4, -0.2) is 164 Å². The third-order valence-corrected chi connectivity index (χ3v) is 12.4. The van der Waals surface area contributed by atoms with Crippen molar-refractivity contribution in [1.29, 1.82) is 0 Å². The third kappa shape index (κ3) is 19.6. The highest BCUT2D eigenvalue weighted by molar-refractivity contribution is 6.22. The number of hydrogen-bond acceptors (Lipinski definition) is 26. The fourth-order valence-corrected chi connectivity index (χ4v) is 8.12. The van der Waals surface area contributed by atoms with Crippen molar-refractivity contribution in [2.45, 2.75) is 45.5 Å². The number of benzene rings is 4. The standard InChI is InChI=1S/C16H16N4O4.C14H15N3O5.C14H13N3O4.C10H7NO3.C6H11N3O2/c1-22-10-15-19-18-14(23-15)7-8-17-16(21)12-9-13(24-20-12)11-5-3-2-4-6-11;1-22-8-12(19)16-15-11(18)6-7-17-13(20)9-4-2-3-5-10(9)14(17)21;1-20-8-12-16-15-11(21-12)6-7-17-13(18)9-4-2-3-5-10(9)14(17)19;12-10(13)8-6-9(14-11-8)7-4-2-1-3-5-7;1-10-4-6-9-8-5(11-6)2-3-7/h2-6,9H,7-8,10H2,1H3,(H,17,21);2-5H,6-8H2,1H3,(H,15,18)(H,16,19);2-5H,6-8H2,1H3;1-6H,(H,12,13);2-4,7H2,1H3. The lowest BCUT2D eigenvalue weighted by atomic mass is 10.1. The van der Waals surface area contributed by atoms with Crippen LogP contribution in [0.4, 0.5) is 0 Å². The molecule has 0 radical (unpaired) electrons. The zero-order valence-electron chi connectivity index (χ0n) is 50.0. The van der Waals surface area contributed by atoms with Crippen LogP contribution in [0.25, 0.3) is 22.6 Å². The Morgan fingerprint density at radius 1 is 0.489 bits per heavy atom. The van der Waals surface area contributed by atoms with Crippen LogP contribution in [-0.2, 0) is 67.6 Å². The van der Waals surface area contributed by atoms with Crippen LogP contribution < -0.4 is 21.9 Å². The smallest absolute Gasteiger partial charge is 0.358 e. The second-order valence-corrected chi connectivity index (χ2v) is 18.9. The van der Waals surface area contributed by atoms with Gasteiger partial charge in [0.1, 0.15) is 26.4 Å². The predicted molar refractivity (Wildman–Crippen MR) is 315 cm³/mol. The largest absolute Gasteiger partial charge is 0.476 e. The van der Waals surface area contributed by atoms with Crippen LogP contribution >= 0.6 is 0 Å². The van der Waals surface area contributed by atoms with E-state index in [1.165, 1.54) is 25.2 Å². The highest BCUT2D eigenvalue weighted by Crippen LogP contribution is 2.25. The van der Waals surface area contributed by atoms with E-state index in [9.17, 15) is 38.4 Å². The van der Waals surface area contributed by atoms with Gasteiger partial charge in [0.25, 0.3) is 35.4 Å². The molecule has 92 heavy (non-hydrogen) atoms. The van der Waals surface area contributed by atoms with E-state index in [-0.39, 0.29) is 68.4 Å².